The summed E-state index contributed by atoms with van der Waals surface area (Å²) in [6, 6.07) is 21.8. The van der Waals surface area contributed by atoms with Crippen molar-refractivity contribution in [3.8, 4) is 5.75 Å². The molecule has 7 heteroatoms. The van der Waals surface area contributed by atoms with Gasteiger partial charge in [-0.1, -0.05) is 61.0 Å². The second kappa shape index (κ2) is 11.7. The van der Waals surface area contributed by atoms with Gasteiger partial charge in [0.05, 0.1) is 12.7 Å². The molecule has 0 amide bonds. The zero-order valence-electron chi connectivity index (χ0n) is 21.0. The number of ether oxygens (including phenoxy) is 1. The molecule has 3 atom stereocenters. The number of hydrogen-bond donors (Lipinski definition) is 0. The van der Waals surface area contributed by atoms with Gasteiger partial charge in [0.1, 0.15) is 5.75 Å². The normalized spacial score (nSPS) is 19.1. The number of Topliss-reactive ketones (excluding diaryl/α,β-unsaturated/α-hetero) is 1. The summed E-state index contributed by atoms with van der Waals surface area (Å²) >= 11 is 6.13. The van der Waals surface area contributed by atoms with E-state index in [2.05, 4.69) is 36.1 Å². The highest BCUT2D eigenvalue weighted by molar-refractivity contribution is 6.30. The van der Waals surface area contributed by atoms with Crippen LogP contribution in [0, 0.1) is 11.8 Å². The maximum Gasteiger partial charge on any atom is 0.419 e. The largest absolute Gasteiger partial charge is 0.496 e. The van der Waals surface area contributed by atoms with Gasteiger partial charge in [-0.2, -0.15) is 13.2 Å². The molecule has 3 aromatic rings. The Morgan fingerprint density at radius 2 is 1.76 bits per heavy atom. The van der Waals surface area contributed by atoms with E-state index in [1.165, 1.54) is 30.4 Å². The molecule has 4 rings (SSSR count). The van der Waals surface area contributed by atoms with E-state index in [9.17, 15) is 18.0 Å². The fraction of sp³-hybridized carbons (Fsp3) is 0.367. The highest BCUT2D eigenvalue weighted by Crippen LogP contribution is 2.40. The molecule has 37 heavy (non-hydrogen) atoms. The topological polar surface area (TPSA) is 29.5 Å². The van der Waals surface area contributed by atoms with Crippen LogP contribution in [0.2, 0.25) is 5.02 Å². The van der Waals surface area contributed by atoms with E-state index in [-0.39, 0.29) is 35.4 Å². The Balaban J connectivity index is 1.47. The smallest absolute Gasteiger partial charge is 0.419 e. The third-order valence-corrected chi connectivity index (χ3v) is 7.62. The molecule has 1 heterocycles. The lowest BCUT2D eigenvalue weighted by molar-refractivity contribution is -0.138. The van der Waals surface area contributed by atoms with Crippen molar-refractivity contribution in [1.29, 1.82) is 0 Å². The number of ketones is 1. The predicted octanol–water partition coefficient (Wildman–Crippen LogP) is 7.88. The third kappa shape index (κ3) is 6.74. The Hall–Kier alpha value is -2.83. The van der Waals surface area contributed by atoms with Gasteiger partial charge in [0.15, 0.2) is 5.78 Å². The van der Waals surface area contributed by atoms with Crippen molar-refractivity contribution >= 4 is 17.4 Å². The second-order valence-corrected chi connectivity index (χ2v) is 10.3. The highest BCUT2D eigenvalue weighted by atomic mass is 35.5. The number of methoxy groups -OCH3 is 1. The van der Waals surface area contributed by atoms with Crippen molar-refractivity contribution in [3.63, 3.8) is 0 Å². The SMILES string of the molecule is COc1ccc(C(=O)CCC(C)[C@H]2CN(Cc3ccccc3)C[C@@H]2c2ccc(Cl)cc2)cc1C(F)(F)F. The maximum absolute atomic E-state index is 13.4. The Morgan fingerprint density at radius 1 is 1.05 bits per heavy atom. The van der Waals surface area contributed by atoms with Crippen LogP contribution in [0.1, 0.15) is 52.7 Å². The minimum absolute atomic E-state index is 0.0618. The van der Waals surface area contributed by atoms with Gasteiger partial charge < -0.3 is 4.74 Å². The van der Waals surface area contributed by atoms with Crippen LogP contribution in [-0.2, 0) is 12.7 Å². The number of nitrogens with zero attached hydrogens (tertiary/aromatic N) is 1. The first-order valence-electron chi connectivity index (χ1n) is 12.5. The lowest BCUT2D eigenvalue weighted by Crippen LogP contribution is -2.22. The van der Waals surface area contributed by atoms with Crippen LogP contribution in [-0.4, -0.2) is 30.9 Å². The van der Waals surface area contributed by atoms with Gasteiger partial charge in [0, 0.05) is 42.6 Å². The highest BCUT2D eigenvalue weighted by Gasteiger charge is 2.37. The quantitative estimate of drug-likeness (QED) is 0.264. The zero-order chi connectivity index (χ0) is 26.6. The molecule has 1 aliphatic rings. The van der Waals surface area contributed by atoms with Crippen LogP contribution in [0.5, 0.6) is 5.75 Å². The summed E-state index contributed by atoms with van der Waals surface area (Å²) in [6.45, 7) is 4.77. The van der Waals surface area contributed by atoms with Gasteiger partial charge in [-0.15, -0.1) is 0 Å². The van der Waals surface area contributed by atoms with E-state index in [1.54, 1.807) is 0 Å². The molecule has 0 aromatic heterocycles. The predicted molar refractivity (Wildman–Crippen MR) is 140 cm³/mol. The molecular formula is C30H31ClF3NO2. The molecule has 1 unspecified atom stereocenters. The lowest BCUT2D eigenvalue weighted by atomic mass is 9.79. The fourth-order valence-corrected chi connectivity index (χ4v) is 5.47. The summed E-state index contributed by atoms with van der Waals surface area (Å²) < 4.78 is 45.1. The van der Waals surface area contributed by atoms with Crippen molar-refractivity contribution < 1.29 is 22.7 Å². The molecule has 0 aliphatic carbocycles. The number of carbonyl (C=O) groups is 1. The Bertz CT molecular complexity index is 1200. The molecule has 3 nitrogen and oxygen atoms in total. The summed E-state index contributed by atoms with van der Waals surface area (Å²) in [6.07, 6.45) is -3.81. The fourth-order valence-electron chi connectivity index (χ4n) is 5.34. The van der Waals surface area contributed by atoms with E-state index in [0.29, 0.717) is 17.4 Å². The molecule has 0 bridgehead atoms. The van der Waals surface area contributed by atoms with Gasteiger partial charge in [0.25, 0.3) is 0 Å². The molecule has 1 aliphatic heterocycles. The first kappa shape index (κ1) is 27.2. The van der Waals surface area contributed by atoms with Crippen LogP contribution >= 0.6 is 11.6 Å². The summed E-state index contributed by atoms with van der Waals surface area (Å²) in [5.74, 6) is 0.212. The zero-order valence-corrected chi connectivity index (χ0v) is 21.7. The average Bonchev–Trinajstić information content (AvgIpc) is 3.31. The number of likely N-dealkylation sites (tertiary alicyclic amines) is 1. The molecule has 3 aromatic carbocycles. The van der Waals surface area contributed by atoms with Crippen LogP contribution in [0.3, 0.4) is 0 Å². The number of benzene rings is 3. The Labute approximate surface area is 221 Å². The Kier molecular flexibility index (Phi) is 8.60. The molecule has 0 spiro atoms. The molecule has 196 valence electrons. The van der Waals surface area contributed by atoms with E-state index < -0.39 is 11.7 Å². The first-order chi connectivity index (χ1) is 17.7. The molecule has 0 radical (unpaired) electrons. The Morgan fingerprint density at radius 3 is 2.41 bits per heavy atom. The van der Waals surface area contributed by atoms with Gasteiger partial charge in [0.2, 0.25) is 0 Å². The van der Waals surface area contributed by atoms with Crippen LogP contribution in [0.25, 0.3) is 0 Å². The maximum atomic E-state index is 13.4. The van der Waals surface area contributed by atoms with Crippen LogP contribution in [0.15, 0.2) is 72.8 Å². The van der Waals surface area contributed by atoms with E-state index in [0.717, 1.165) is 25.7 Å². The van der Waals surface area contributed by atoms with Crippen molar-refractivity contribution in [1.82, 2.24) is 4.90 Å². The first-order valence-corrected chi connectivity index (χ1v) is 12.8. The summed E-state index contributed by atoms with van der Waals surface area (Å²) in [7, 11) is 1.19. The monoisotopic (exact) mass is 529 g/mol. The minimum Gasteiger partial charge on any atom is -0.496 e. The minimum atomic E-state index is -4.59. The van der Waals surface area contributed by atoms with E-state index in [1.807, 2.05) is 30.3 Å². The third-order valence-electron chi connectivity index (χ3n) is 7.37. The number of halogens is 4. The number of alkyl halides is 3. The molecule has 0 N–H and O–H groups in total. The van der Waals surface area contributed by atoms with Crippen molar-refractivity contribution in [2.24, 2.45) is 11.8 Å². The summed E-state index contributed by atoms with van der Waals surface area (Å²) in [5, 5.41) is 0.691. The van der Waals surface area contributed by atoms with Gasteiger partial charge in [-0.05, 0) is 59.7 Å². The second-order valence-electron chi connectivity index (χ2n) is 9.85. The van der Waals surface area contributed by atoms with Crippen molar-refractivity contribution in [3.05, 3.63) is 100 Å². The number of rotatable bonds is 9. The molecule has 0 saturated carbocycles. The number of carbonyl (C=O) groups excluding carboxylic acids is 1. The molecular weight excluding hydrogens is 499 g/mol. The van der Waals surface area contributed by atoms with Gasteiger partial charge in [-0.25, -0.2) is 0 Å². The lowest BCUT2D eigenvalue weighted by Gasteiger charge is -2.25. The van der Waals surface area contributed by atoms with Crippen molar-refractivity contribution in [2.75, 3.05) is 20.2 Å². The molecule has 1 fully saturated rings. The van der Waals surface area contributed by atoms with Gasteiger partial charge in [-0.3, -0.25) is 9.69 Å². The van der Waals surface area contributed by atoms with Crippen molar-refractivity contribution in [2.45, 2.75) is 38.4 Å². The van der Waals surface area contributed by atoms with E-state index in [4.69, 9.17) is 16.3 Å². The standard InChI is InChI=1S/C30H31ClF3NO2/c1-20(8-14-28(36)23-11-15-29(37-2)27(16-23)30(32,33)34)25-18-35(17-21-6-4-3-5-7-21)19-26(25)22-9-12-24(31)13-10-22/h3-7,9-13,15-16,20,25-26H,8,14,17-19H2,1-2H3/t20?,25-,26-/m1/s1. The molecule has 1 saturated heterocycles. The summed E-state index contributed by atoms with van der Waals surface area (Å²) in [5.41, 5.74) is 1.60. The van der Waals surface area contributed by atoms with Crippen LogP contribution < -0.4 is 4.74 Å². The average molecular weight is 530 g/mol. The number of hydrogen-bond acceptors (Lipinski definition) is 3. The van der Waals surface area contributed by atoms with E-state index >= 15 is 0 Å². The van der Waals surface area contributed by atoms with Crippen LogP contribution in [0.4, 0.5) is 13.2 Å². The summed E-state index contributed by atoms with van der Waals surface area (Å²) in [4.78, 5) is 15.3. The van der Waals surface area contributed by atoms with Gasteiger partial charge >= 0.3 is 6.18 Å².